The summed E-state index contributed by atoms with van der Waals surface area (Å²) in [5.74, 6) is 1.69. The van der Waals surface area contributed by atoms with E-state index in [1.54, 1.807) is 0 Å². The standard InChI is InChI=1S/C15H23NO/c1-3-4-8-14(16-2)12-10-11-17-15-9-6-5-7-13(12)15/h5-7,9,12,14,16H,3-4,8,10-11H2,1-2H3. The molecule has 1 aromatic rings. The Balaban J connectivity index is 2.15. The van der Waals surface area contributed by atoms with Gasteiger partial charge in [-0.25, -0.2) is 0 Å². The lowest BCUT2D eigenvalue weighted by atomic mass is 9.84. The minimum Gasteiger partial charge on any atom is -0.493 e. The number of para-hydroxylation sites is 1. The van der Waals surface area contributed by atoms with Crippen molar-refractivity contribution in [3.8, 4) is 5.75 Å². The first kappa shape index (κ1) is 12.4. The molecule has 1 N–H and O–H groups in total. The maximum Gasteiger partial charge on any atom is 0.122 e. The molecule has 1 heterocycles. The largest absolute Gasteiger partial charge is 0.493 e. The second kappa shape index (κ2) is 6.06. The van der Waals surface area contributed by atoms with E-state index >= 15 is 0 Å². The lowest BCUT2D eigenvalue weighted by Gasteiger charge is -2.32. The Hall–Kier alpha value is -1.02. The van der Waals surface area contributed by atoms with Crippen LogP contribution in [0.15, 0.2) is 24.3 Å². The summed E-state index contributed by atoms with van der Waals surface area (Å²) in [6.45, 7) is 3.11. The van der Waals surface area contributed by atoms with E-state index in [4.69, 9.17) is 4.74 Å². The van der Waals surface area contributed by atoms with Gasteiger partial charge in [-0.05, 0) is 31.5 Å². The molecule has 0 radical (unpaired) electrons. The molecule has 2 atom stereocenters. The van der Waals surface area contributed by atoms with E-state index in [0.717, 1.165) is 18.8 Å². The van der Waals surface area contributed by atoms with Crippen LogP contribution >= 0.6 is 0 Å². The minimum atomic E-state index is 0.583. The van der Waals surface area contributed by atoms with Crippen LogP contribution in [-0.4, -0.2) is 19.7 Å². The number of hydrogen-bond acceptors (Lipinski definition) is 2. The zero-order valence-electron chi connectivity index (χ0n) is 10.9. The van der Waals surface area contributed by atoms with Crippen LogP contribution in [0.3, 0.4) is 0 Å². The van der Waals surface area contributed by atoms with Gasteiger partial charge in [0.15, 0.2) is 0 Å². The van der Waals surface area contributed by atoms with Gasteiger partial charge >= 0.3 is 0 Å². The number of likely N-dealkylation sites (N-methyl/N-ethyl adjacent to an activating group) is 1. The maximum atomic E-state index is 5.73. The molecule has 17 heavy (non-hydrogen) atoms. The van der Waals surface area contributed by atoms with Crippen molar-refractivity contribution >= 4 is 0 Å². The van der Waals surface area contributed by atoms with Crippen LogP contribution < -0.4 is 10.1 Å². The number of nitrogens with one attached hydrogen (secondary N) is 1. The van der Waals surface area contributed by atoms with Crippen molar-refractivity contribution < 1.29 is 4.74 Å². The molecule has 1 aliphatic rings. The van der Waals surface area contributed by atoms with Crippen LogP contribution in [0.4, 0.5) is 0 Å². The first-order valence-corrected chi connectivity index (χ1v) is 6.75. The smallest absolute Gasteiger partial charge is 0.122 e. The van der Waals surface area contributed by atoms with E-state index in [9.17, 15) is 0 Å². The maximum absolute atomic E-state index is 5.73. The molecule has 0 aromatic heterocycles. The molecule has 2 unspecified atom stereocenters. The summed E-state index contributed by atoms with van der Waals surface area (Å²) < 4.78 is 5.73. The third kappa shape index (κ3) is 2.81. The fraction of sp³-hybridized carbons (Fsp3) is 0.600. The molecule has 94 valence electrons. The van der Waals surface area contributed by atoms with Gasteiger partial charge in [0.1, 0.15) is 5.75 Å². The minimum absolute atomic E-state index is 0.583. The lowest BCUT2D eigenvalue weighted by Crippen LogP contribution is -2.34. The second-order valence-electron chi connectivity index (χ2n) is 4.82. The fourth-order valence-corrected chi connectivity index (χ4v) is 2.76. The third-order valence-electron chi connectivity index (χ3n) is 3.73. The van der Waals surface area contributed by atoms with Gasteiger partial charge in [0.2, 0.25) is 0 Å². The molecule has 2 nitrogen and oxygen atoms in total. The molecule has 2 heteroatoms. The van der Waals surface area contributed by atoms with E-state index in [0.29, 0.717) is 12.0 Å². The SMILES string of the molecule is CCCCC(NC)C1CCOc2ccccc21. The van der Waals surface area contributed by atoms with Gasteiger partial charge in [0.25, 0.3) is 0 Å². The molecular formula is C15H23NO. The van der Waals surface area contributed by atoms with E-state index in [-0.39, 0.29) is 0 Å². The first-order chi connectivity index (χ1) is 8.36. The van der Waals surface area contributed by atoms with Crippen LogP contribution in [0, 0.1) is 0 Å². The summed E-state index contributed by atoms with van der Waals surface area (Å²) in [4.78, 5) is 0. The summed E-state index contributed by atoms with van der Waals surface area (Å²) in [5, 5.41) is 3.49. The Labute approximate surface area is 104 Å². The molecule has 0 bridgehead atoms. The molecule has 1 aliphatic heterocycles. The molecule has 0 aliphatic carbocycles. The molecule has 2 rings (SSSR count). The van der Waals surface area contributed by atoms with Gasteiger partial charge in [0, 0.05) is 12.0 Å². The molecule has 0 saturated carbocycles. The highest BCUT2D eigenvalue weighted by molar-refractivity contribution is 5.38. The highest BCUT2D eigenvalue weighted by atomic mass is 16.5. The Bertz CT molecular complexity index is 351. The first-order valence-electron chi connectivity index (χ1n) is 6.75. The summed E-state index contributed by atoms with van der Waals surface area (Å²) in [6, 6.07) is 9.07. The van der Waals surface area contributed by atoms with Crippen LogP contribution in [0.1, 0.15) is 44.1 Å². The summed E-state index contributed by atoms with van der Waals surface area (Å²) in [6.07, 6.45) is 4.95. The van der Waals surface area contributed by atoms with Crippen LogP contribution in [0.25, 0.3) is 0 Å². The Morgan fingerprint density at radius 1 is 1.41 bits per heavy atom. The van der Waals surface area contributed by atoms with Crippen molar-refractivity contribution in [3.05, 3.63) is 29.8 Å². The third-order valence-corrected chi connectivity index (χ3v) is 3.73. The quantitative estimate of drug-likeness (QED) is 0.842. The molecular weight excluding hydrogens is 210 g/mol. The van der Waals surface area contributed by atoms with E-state index in [1.807, 2.05) is 0 Å². The zero-order valence-corrected chi connectivity index (χ0v) is 10.9. The summed E-state index contributed by atoms with van der Waals surface area (Å²) in [7, 11) is 2.08. The van der Waals surface area contributed by atoms with Gasteiger partial charge in [-0.1, -0.05) is 38.0 Å². The summed E-state index contributed by atoms with van der Waals surface area (Å²) in [5.41, 5.74) is 1.38. The average Bonchev–Trinajstić information content (AvgIpc) is 2.40. The van der Waals surface area contributed by atoms with Crippen molar-refractivity contribution in [1.82, 2.24) is 5.32 Å². The number of ether oxygens (including phenoxy) is 1. The van der Waals surface area contributed by atoms with Gasteiger partial charge in [-0.2, -0.15) is 0 Å². The van der Waals surface area contributed by atoms with Crippen molar-refractivity contribution in [2.75, 3.05) is 13.7 Å². The van der Waals surface area contributed by atoms with Crippen molar-refractivity contribution in [3.63, 3.8) is 0 Å². The molecule has 0 amide bonds. The van der Waals surface area contributed by atoms with Gasteiger partial charge < -0.3 is 10.1 Å². The Kier molecular flexibility index (Phi) is 4.43. The van der Waals surface area contributed by atoms with E-state index in [2.05, 4.69) is 43.6 Å². The highest BCUT2D eigenvalue weighted by Gasteiger charge is 2.27. The van der Waals surface area contributed by atoms with Crippen LogP contribution in [-0.2, 0) is 0 Å². The lowest BCUT2D eigenvalue weighted by molar-refractivity contribution is 0.243. The monoisotopic (exact) mass is 233 g/mol. The number of rotatable bonds is 5. The van der Waals surface area contributed by atoms with Crippen molar-refractivity contribution in [1.29, 1.82) is 0 Å². The molecule has 1 aromatic carbocycles. The van der Waals surface area contributed by atoms with Crippen molar-refractivity contribution in [2.45, 2.75) is 44.6 Å². The molecule has 0 fully saturated rings. The van der Waals surface area contributed by atoms with Gasteiger partial charge in [-0.3, -0.25) is 0 Å². The predicted molar refractivity (Wildman–Crippen MR) is 71.7 cm³/mol. The van der Waals surface area contributed by atoms with Crippen LogP contribution in [0.2, 0.25) is 0 Å². The Morgan fingerprint density at radius 2 is 2.24 bits per heavy atom. The van der Waals surface area contributed by atoms with Gasteiger partial charge in [-0.15, -0.1) is 0 Å². The number of benzene rings is 1. The van der Waals surface area contributed by atoms with Crippen molar-refractivity contribution in [2.24, 2.45) is 0 Å². The zero-order chi connectivity index (χ0) is 12.1. The predicted octanol–water partition coefficient (Wildman–Crippen LogP) is 3.33. The topological polar surface area (TPSA) is 21.3 Å². The molecule has 0 spiro atoms. The van der Waals surface area contributed by atoms with Gasteiger partial charge in [0.05, 0.1) is 6.61 Å². The number of fused-ring (bicyclic) bond motifs is 1. The average molecular weight is 233 g/mol. The number of unbranched alkanes of at least 4 members (excludes halogenated alkanes) is 1. The fourth-order valence-electron chi connectivity index (χ4n) is 2.76. The Morgan fingerprint density at radius 3 is 3.00 bits per heavy atom. The van der Waals surface area contributed by atoms with E-state index in [1.165, 1.54) is 24.8 Å². The number of hydrogen-bond donors (Lipinski definition) is 1. The second-order valence-corrected chi connectivity index (χ2v) is 4.82. The summed E-state index contributed by atoms with van der Waals surface area (Å²) >= 11 is 0. The van der Waals surface area contributed by atoms with Crippen LogP contribution in [0.5, 0.6) is 5.75 Å². The highest BCUT2D eigenvalue weighted by Crippen LogP contribution is 2.36. The van der Waals surface area contributed by atoms with E-state index < -0.39 is 0 Å². The molecule has 0 saturated heterocycles. The normalized spacial score (nSPS) is 20.5.